The summed E-state index contributed by atoms with van der Waals surface area (Å²) in [7, 11) is -1.58. The number of pyridine rings is 1. The number of nitrogens with one attached hydrogen (secondary N) is 1. The predicted molar refractivity (Wildman–Crippen MR) is 122 cm³/mol. The first-order valence-corrected chi connectivity index (χ1v) is 12.8. The first kappa shape index (κ1) is 22.8. The molecule has 1 aromatic heterocycles. The number of fused-ring (bicyclic) bond motifs is 1. The van der Waals surface area contributed by atoms with Crippen molar-refractivity contribution >= 4 is 33.4 Å². The van der Waals surface area contributed by atoms with Crippen molar-refractivity contribution in [3.8, 4) is 11.5 Å². The van der Waals surface area contributed by atoms with Crippen molar-refractivity contribution in [3.05, 3.63) is 36.5 Å². The number of hydrogen-bond donors (Lipinski definition) is 1. The quantitative estimate of drug-likeness (QED) is 0.629. The maximum absolute atomic E-state index is 12.8. The van der Waals surface area contributed by atoms with E-state index in [1.165, 1.54) is 22.3 Å². The highest BCUT2D eigenvalue weighted by molar-refractivity contribution is 7.99. The van der Waals surface area contributed by atoms with E-state index in [4.69, 9.17) is 9.47 Å². The number of nitrogens with zero attached hydrogens (tertiary/aromatic N) is 3. The molecule has 1 aromatic carbocycles. The highest BCUT2D eigenvalue weighted by Crippen LogP contribution is 2.32. The molecule has 2 aliphatic heterocycles. The van der Waals surface area contributed by atoms with Gasteiger partial charge in [0.15, 0.2) is 11.5 Å². The van der Waals surface area contributed by atoms with Crippen molar-refractivity contribution in [1.29, 1.82) is 0 Å². The van der Waals surface area contributed by atoms with E-state index in [1.54, 1.807) is 30.3 Å². The fourth-order valence-electron chi connectivity index (χ4n) is 3.36. The van der Waals surface area contributed by atoms with Crippen LogP contribution in [-0.4, -0.2) is 80.7 Å². The Kier molecular flexibility index (Phi) is 7.19. The molecule has 9 nitrogen and oxygen atoms in total. The molecule has 1 N–H and O–H groups in total. The van der Waals surface area contributed by atoms with Gasteiger partial charge in [0.1, 0.15) is 4.90 Å². The van der Waals surface area contributed by atoms with E-state index in [1.807, 2.05) is 7.05 Å². The van der Waals surface area contributed by atoms with Gasteiger partial charge in [-0.25, -0.2) is 13.4 Å². The molecule has 1 saturated heterocycles. The van der Waals surface area contributed by atoms with Gasteiger partial charge in [-0.05, 0) is 31.3 Å². The zero-order chi connectivity index (χ0) is 22.6. The molecule has 0 unspecified atom stereocenters. The second-order valence-electron chi connectivity index (χ2n) is 7.59. The second-order valence-corrected chi connectivity index (χ2v) is 10.5. The van der Waals surface area contributed by atoms with E-state index in [0.29, 0.717) is 61.6 Å². The van der Waals surface area contributed by atoms with Crippen LogP contribution < -0.4 is 14.8 Å². The molecule has 4 rings (SSSR count). The average molecular weight is 479 g/mol. The number of likely N-dealkylation sites (N-methyl/N-ethyl adjacent to an activating group) is 1. The minimum atomic E-state index is -3.55. The van der Waals surface area contributed by atoms with Crippen LogP contribution in [0.15, 0.2) is 46.5 Å². The summed E-state index contributed by atoms with van der Waals surface area (Å²) in [5.41, 5.74) is 0.626. The minimum Gasteiger partial charge on any atom is -0.490 e. The average Bonchev–Trinajstić information content (AvgIpc) is 3.03. The number of ether oxygens (including phenoxy) is 2. The van der Waals surface area contributed by atoms with Gasteiger partial charge >= 0.3 is 0 Å². The molecule has 0 radical (unpaired) electrons. The molecule has 0 aliphatic carbocycles. The van der Waals surface area contributed by atoms with E-state index in [9.17, 15) is 13.2 Å². The van der Waals surface area contributed by atoms with Crippen molar-refractivity contribution in [1.82, 2.24) is 14.2 Å². The van der Waals surface area contributed by atoms with Crippen LogP contribution in [0, 0.1) is 0 Å². The lowest BCUT2D eigenvalue weighted by Crippen LogP contribution is -2.47. The lowest BCUT2D eigenvalue weighted by molar-refractivity contribution is -0.113. The van der Waals surface area contributed by atoms with Crippen LogP contribution in [0.4, 0.5) is 5.69 Å². The zero-order valence-corrected chi connectivity index (χ0v) is 19.5. The summed E-state index contributed by atoms with van der Waals surface area (Å²) in [6, 6.07) is 8.48. The van der Waals surface area contributed by atoms with Crippen LogP contribution in [0.25, 0.3) is 0 Å². The van der Waals surface area contributed by atoms with Gasteiger partial charge in [0, 0.05) is 50.6 Å². The molecule has 2 aromatic rings. The van der Waals surface area contributed by atoms with Crippen molar-refractivity contribution in [2.45, 2.75) is 16.3 Å². The number of thioether (sulfide) groups is 1. The minimum absolute atomic E-state index is 0.145. The Morgan fingerprint density at radius 3 is 2.56 bits per heavy atom. The first-order valence-electron chi connectivity index (χ1n) is 10.4. The van der Waals surface area contributed by atoms with Crippen molar-refractivity contribution < 1.29 is 22.7 Å². The normalized spacial score (nSPS) is 17.5. The summed E-state index contributed by atoms with van der Waals surface area (Å²) >= 11 is 1.24. The van der Waals surface area contributed by atoms with Gasteiger partial charge in [-0.3, -0.25) is 4.79 Å². The molecule has 0 spiro atoms. The van der Waals surface area contributed by atoms with Crippen LogP contribution in [0.1, 0.15) is 6.42 Å². The standard InChI is InChI=1S/C21H26N4O5S2/c1-24-7-9-25(10-8-24)32(27,28)17-4-6-21(22-14-17)31-15-20(26)23-16-3-5-18-19(13-16)30-12-2-11-29-18/h3-6,13-14H,2,7-12,15H2,1H3,(H,23,26). The summed E-state index contributed by atoms with van der Waals surface area (Å²) in [6.07, 6.45) is 2.17. The summed E-state index contributed by atoms with van der Waals surface area (Å²) in [6.45, 7) is 3.53. The highest BCUT2D eigenvalue weighted by atomic mass is 32.2. The number of amides is 1. The van der Waals surface area contributed by atoms with E-state index in [-0.39, 0.29) is 16.6 Å². The number of anilines is 1. The molecule has 2 aliphatic rings. The third-order valence-electron chi connectivity index (χ3n) is 5.19. The predicted octanol–water partition coefficient (Wildman–Crippen LogP) is 1.91. The van der Waals surface area contributed by atoms with E-state index < -0.39 is 10.0 Å². The Morgan fingerprint density at radius 2 is 1.84 bits per heavy atom. The van der Waals surface area contributed by atoms with Gasteiger partial charge in [-0.15, -0.1) is 0 Å². The summed E-state index contributed by atoms with van der Waals surface area (Å²) in [5, 5.41) is 3.42. The summed E-state index contributed by atoms with van der Waals surface area (Å²) in [4.78, 5) is 18.8. The topological polar surface area (TPSA) is 101 Å². The maximum atomic E-state index is 12.8. The third kappa shape index (κ3) is 5.52. The number of hydrogen-bond acceptors (Lipinski definition) is 8. The Labute approximate surface area is 192 Å². The number of aromatic nitrogens is 1. The van der Waals surface area contributed by atoms with Crippen molar-refractivity contribution in [2.24, 2.45) is 0 Å². The molecule has 0 atom stereocenters. The molecule has 32 heavy (non-hydrogen) atoms. The molecule has 0 saturated carbocycles. The lowest BCUT2D eigenvalue weighted by Gasteiger charge is -2.31. The summed E-state index contributed by atoms with van der Waals surface area (Å²) in [5.74, 6) is 1.24. The highest BCUT2D eigenvalue weighted by Gasteiger charge is 2.27. The molecular weight excluding hydrogens is 452 g/mol. The number of carbonyl (C=O) groups is 1. The van der Waals surface area contributed by atoms with Crippen LogP contribution in [0.5, 0.6) is 11.5 Å². The van der Waals surface area contributed by atoms with Crippen molar-refractivity contribution in [2.75, 3.05) is 57.5 Å². The molecule has 172 valence electrons. The molecule has 0 bridgehead atoms. The Morgan fingerprint density at radius 1 is 1.09 bits per heavy atom. The van der Waals surface area contributed by atoms with Gasteiger partial charge in [0.25, 0.3) is 0 Å². The Hall–Kier alpha value is -2.34. The van der Waals surface area contributed by atoms with Gasteiger partial charge in [0.05, 0.1) is 24.0 Å². The zero-order valence-electron chi connectivity index (χ0n) is 17.8. The number of benzene rings is 1. The molecular formula is C21H26N4O5S2. The van der Waals surface area contributed by atoms with Crippen LogP contribution in [-0.2, 0) is 14.8 Å². The SMILES string of the molecule is CN1CCN(S(=O)(=O)c2ccc(SCC(=O)Nc3ccc4c(c3)OCCCO4)nc2)CC1. The molecule has 3 heterocycles. The van der Waals surface area contributed by atoms with Crippen molar-refractivity contribution in [3.63, 3.8) is 0 Å². The fourth-order valence-corrected chi connectivity index (χ4v) is 5.37. The largest absolute Gasteiger partial charge is 0.490 e. The second kappa shape index (κ2) is 10.1. The maximum Gasteiger partial charge on any atom is 0.244 e. The van der Waals surface area contributed by atoms with E-state index >= 15 is 0 Å². The third-order valence-corrected chi connectivity index (χ3v) is 8.02. The number of carbonyl (C=O) groups excluding carboxylic acids is 1. The smallest absolute Gasteiger partial charge is 0.244 e. The molecule has 1 fully saturated rings. The number of sulfonamides is 1. The Bertz CT molecular complexity index is 1050. The lowest BCUT2D eigenvalue weighted by atomic mass is 10.2. The van der Waals surface area contributed by atoms with Gasteiger partial charge in [0.2, 0.25) is 15.9 Å². The number of piperazine rings is 1. The molecule has 11 heteroatoms. The van der Waals surface area contributed by atoms with E-state index in [2.05, 4.69) is 15.2 Å². The van der Waals surface area contributed by atoms with Crippen LogP contribution in [0.3, 0.4) is 0 Å². The Balaban J connectivity index is 1.31. The number of rotatable bonds is 6. The van der Waals surface area contributed by atoms with Gasteiger partial charge in [-0.1, -0.05) is 11.8 Å². The van der Waals surface area contributed by atoms with E-state index in [0.717, 1.165) is 6.42 Å². The van der Waals surface area contributed by atoms with Gasteiger partial charge < -0.3 is 19.7 Å². The first-order chi connectivity index (χ1) is 15.4. The molecule has 1 amide bonds. The summed E-state index contributed by atoms with van der Waals surface area (Å²) < 4.78 is 38.3. The van der Waals surface area contributed by atoms with Gasteiger partial charge in [-0.2, -0.15) is 4.31 Å². The van der Waals surface area contributed by atoms with Crippen LogP contribution >= 0.6 is 11.8 Å². The fraction of sp³-hybridized carbons (Fsp3) is 0.429. The van der Waals surface area contributed by atoms with Crippen LogP contribution in [0.2, 0.25) is 0 Å². The monoisotopic (exact) mass is 478 g/mol.